The highest BCUT2D eigenvalue weighted by Crippen LogP contribution is 2.37. The van der Waals surface area contributed by atoms with Gasteiger partial charge in [0.15, 0.2) is 0 Å². The molecule has 0 saturated heterocycles. The van der Waals surface area contributed by atoms with Gasteiger partial charge in [0, 0.05) is 19.2 Å². The van der Waals surface area contributed by atoms with Crippen molar-refractivity contribution in [1.82, 2.24) is 10.8 Å². The number of hydroxylamine groups is 1. The van der Waals surface area contributed by atoms with Crippen LogP contribution < -0.4 is 10.8 Å². The summed E-state index contributed by atoms with van der Waals surface area (Å²) in [6.07, 6.45) is 7.56. The molecule has 2 N–H and O–H groups in total. The van der Waals surface area contributed by atoms with E-state index in [1.807, 2.05) is 6.20 Å². The number of carbonyl (C=O) groups excluding carboxylic acids is 1. The number of hydrogen-bond acceptors (Lipinski definition) is 3. The summed E-state index contributed by atoms with van der Waals surface area (Å²) in [5.74, 6) is 0.331. The van der Waals surface area contributed by atoms with Crippen LogP contribution in [0.5, 0.6) is 0 Å². The molecule has 1 spiro atoms. The van der Waals surface area contributed by atoms with Crippen LogP contribution in [0.15, 0.2) is 12.3 Å². The quantitative estimate of drug-likeness (QED) is 0.649. The Hall–Kier alpha value is -1.03. The molecule has 4 heteroatoms. The van der Waals surface area contributed by atoms with Crippen molar-refractivity contribution in [2.75, 3.05) is 7.05 Å². The predicted molar refractivity (Wildman–Crippen MR) is 52.1 cm³/mol. The zero-order valence-corrected chi connectivity index (χ0v) is 8.38. The molecule has 4 nitrogen and oxygen atoms in total. The first-order chi connectivity index (χ1) is 6.76. The van der Waals surface area contributed by atoms with Gasteiger partial charge < -0.3 is 5.32 Å². The van der Waals surface area contributed by atoms with Gasteiger partial charge in [-0.3, -0.25) is 15.1 Å². The van der Waals surface area contributed by atoms with E-state index < -0.39 is 0 Å². The SMILES string of the molecule is CNC(=O)C1CCC2(C=CNO2)CC1. The summed E-state index contributed by atoms with van der Waals surface area (Å²) < 4.78 is 0. The molecule has 0 aromatic rings. The van der Waals surface area contributed by atoms with E-state index in [2.05, 4.69) is 16.9 Å². The summed E-state index contributed by atoms with van der Waals surface area (Å²) in [6, 6.07) is 0. The Balaban J connectivity index is 1.92. The van der Waals surface area contributed by atoms with E-state index in [-0.39, 0.29) is 17.4 Å². The highest BCUT2D eigenvalue weighted by atomic mass is 16.7. The highest BCUT2D eigenvalue weighted by molar-refractivity contribution is 5.78. The maximum atomic E-state index is 11.4. The summed E-state index contributed by atoms with van der Waals surface area (Å²) >= 11 is 0. The average molecular weight is 196 g/mol. The lowest BCUT2D eigenvalue weighted by atomic mass is 9.78. The number of hydrogen-bond donors (Lipinski definition) is 2. The number of carbonyl (C=O) groups is 1. The van der Waals surface area contributed by atoms with Gasteiger partial charge in [-0.2, -0.15) is 0 Å². The largest absolute Gasteiger partial charge is 0.359 e. The molecule has 0 radical (unpaired) electrons. The van der Waals surface area contributed by atoms with E-state index >= 15 is 0 Å². The lowest BCUT2D eigenvalue weighted by Gasteiger charge is -2.33. The Bertz CT molecular complexity index is 255. The Morgan fingerprint density at radius 2 is 2.29 bits per heavy atom. The Labute approximate surface area is 83.7 Å². The molecule has 1 fully saturated rings. The van der Waals surface area contributed by atoms with Crippen LogP contribution in [0, 0.1) is 5.92 Å². The zero-order valence-electron chi connectivity index (χ0n) is 8.38. The predicted octanol–water partition coefficient (Wildman–Crippen LogP) is 0.710. The van der Waals surface area contributed by atoms with E-state index in [1.54, 1.807) is 7.05 Å². The summed E-state index contributed by atoms with van der Waals surface area (Å²) in [5.41, 5.74) is 2.63. The van der Waals surface area contributed by atoms with Gasteiger partial charge in [-0.1, -0.05) is 0 Å². The van der Waals surface area contributed by atoms with Crippen molar-refractivity contribution in [3.8, 4) is 0 Å². The van der Waals surface area contributed by atoms with Crippen molar-refractivity contribution in [1.29, 1.82) is 0 Å². The summed E-state index contributed by atoms with van der Waals surface area (Å²) in [4.78, 5) is 16.8. The minimum Gasteiger partial charge on any atom is -0.359 e. The number of nitrogens with one attached hydrogen (secondary N) is 2. The van der Waals surface area contributed by atoms with Gasteiger partial charge in [0.25, 0.3) is 0 Å². The molecule has 2 rings (SSSR count). The fraction of sp³-hybridized carbons (Fsp3) is 0.700. The maximum absolute atomic E-state index is 11.4. The van der Waals surface area contributed by atoms with E-state index in [1.165, 1.54) is 0 Å². The van der Waals surface area contributed by atoms with E-state index in [0.29, 0.717) is 0 Å². The molecule has 0 aromatic carbocycles. The molecule has 14 heavy (non-hydrogen) atoms. The third-order valence-electron chi connectivity index (χ3n) is 3.17. The smallest absolute Gasteiger partial charge is 0.222 e. The van der Waals surface area contributed by atoms with Gasteiger partial charge in [-0.05, 0) is 31.8 Å². The van der Waals surface area contributed by atoms with Crippen molar-refractivity contribution < 1.29 is 9.63 Å². The van der Waals surface area contributed by atoms with Crippen LogP contribution in [0.1, 0.15) is 25.7 Å². The van der Waals surface area contributed by atoms with Crippen LogP contribution in [-0.2, 0) is 9.63 Å². The van der Waals surface area contributed by atoms with Crippen molar-refractivity contribution in [2.24, 2.45) is 5.92 Å². The second kappa shape index (κ2) is 3.61. The average Bonchev–Trinajstić information content (AvgIpc) is 2.67. The van der Waals surface area contributed by atoms with Crippen LogP contribution >= 0.6 is 0 Å². The molecule has 0 aromatic heterocycles. The molecule has 0 unspecified atom stereocenters. The lowest BCUT2D eigenvalue weighted by Crippen LogP contribution is -2.39. The Morgan fingerprint density at radius 1 is 1.57 bits per heavy atom. The molecule has 0 bridgehead atoms. The lowest BCUT2D eigenvalue weighted by molar-refractivity contribution is -0.128. The highest BCUT2D eigenvalue weighted by Gasteiger charge is 2.38. The first-order valence-corrected chi connectivity index (χ1v) is 5.09. The first kappa shape index (κ1) is 9.52. The third kappa shape index (κ3) is 1.62. The Morgan fingerprint density at radius 3 is 2.79 bits per heavy atom. The first-order valence-electron chi connectivity index (χ1n) is 5.09. The van der Waals surface area contributed by atoms with Gasteiger partial charge in [-0.25, -0.2) is 0 Å². The van der Waals surface area contributed by atoms with Gasteiger partial charge in [0.1, 0.15) is 5.60 Å². The fourth-order valence-corrected chi connectivity index (χ4v) is 2.21. The molecule has 1 saturated carbocycles. The monoisotopic (exact) mass is 196 g/mol. The number of amides is 1. The van der Waals surface area contributed by atoms with Gasteiger partial charge in [-0.15, -0.1) is 0 Å². The summed E-state index contributed by atoms with van der Waals surface area (Å²) in [7, 11) is 1.69. The second-order valence-corrected chi connectivity index (χ2v) is 4.01. The van der Waals surface area contributed by atoms with Crippen molar-refractivity contribution >= 4 is 5.91 Å². The molecule has 1 amide bonds. The molecular formula is C10H16N2O2. The molecule has 2 aliphatic rings. The topological polar surface area (TPSA) is 50.4 Å². The molecule has 1 aliphatic carbocycles. The molecule has 1 heterocycles. The minimum atomic E-state index is -0.134. The van der Waals surface area contributed by atoms with Crippen molar-refractivity contribution in [3.63, 3.8) is 0 Å². The van der Waals surface area contributed by atoms with E-state index in [9.17, 15) is 4.79 Å². The van der Waals surface area contributed by atoms with Crippen molar-refractivity contribution in [3.05, 3.63) is 12.3 Å². The van der Waals surface area contributed by atoms with Crippen LogP contribution in [0.25, 0.3) is 0 Å². The third-order valence-corrected chi connectivity index (χ3v) is 3.17. The van der Waals surface area contributed by atoms with Gasteiger partial charge in [0.05, 0.1) is 0 Å². The van der Waals surface area contributed by atoms with Crippen molar-refractivity contribution in [2.45, 2.75) is 31.3 Å². The number of rotatable bonds is 1. The molecular weight excluding hydrogens is 180 g/mol. The zero-order chi connectivity index (χ0) is 10.0. The van der Waals surface area contributed by atoms with Gasteiger partial charge in [0.2, 0.25) is 5.91 Å². The standard InChI is InChI=1S/C10H16N2O2/c1-11-9(13)8-2-4-10(5-3-8)6-7-12-14-10/h6-8,12H,2-5H2,1H3,(H,11,13). The maximum Gasteiger partial charge on any atom is 0.222 e. The second-order valence-electron chi connectivity index (χ2n) is 4.01. The molecule has 78 valence electrons. The summed E-state index contributed by atoms with van der Waals surface area (Å²) in [5, 5.41) is 2.70. The van der Waals surface area contributed by atoms with Crippen LogP contribution in [-0.4, -0.2) is 18.6 Å². The van der Waals surface area contributed by atoms with Crippen LogP contribution in [0.4, 0.5) is 0 Å². The minimum absolute atomic E-state index is 0.134. The van der Waals surface area contributed by atoms with Gasteiger partial charge >= 0.3 is 0 Å². The van der Waals surface area contributed by atoms with E-state index in [0.717, 1.165) is 25.7 Å². The fourth-order valence-electron chi connectivity index (χ4n) is 2.21. The van der Waals surface area contributed by atoms with Crippen LogP contribution in [0.2, 0.25) is 0 Å². The van der Waals surface area contributed by atoms with E-state index in [4.69, 9.17) is 4.84 Å². The Kier molecular flexibility index (Phi) is 2.46. The normalized spacial score (nSPS) is 35.6. The molecule has 0 atom stereocenters. The molecule has 1 aliphatic heterocycles. The van der Waals surface area contributed by atoms with Crippen LogP contribution in [0.3, 0.4) is 0 Å². The summed E-state index contributed by atoms with van der Waals surface area (Å²) in [6.45, 7) is 0.